The van der Waals surface area contributed by atoms with Crippen LogP contribution in [0.3, 0.4) is 0 Å². The first-order chi connectivity index (χ1) is 18.1. The number of methoxy groups -OCH3 is 1. The molecule has 2 aliphatic rings. The van der Waals surface area contributed by atoms with Crippen molar-refractivity contribution in [3.8, 4) is 23.0 Å². The molecule has 196 valence electrons. The maximum Gasteiger partial charge on any atom is 0.339 e. The Hall–Kier alpha value is -3.19. The number of imide groups is 1. The largest absolute Gasteiger partial charge is 0.497 e. The van der Waals surface area contributed by atoms with Crippen LogP contribution >= 0.6 is 39.3 Å². The van der Waals surface area contributed by atoms with Gasteiger partial charge in [0.25, 0.3) is 11.1 Å². The summed E-state index contributed by atoms with van der Waals surface area (Å²) in [5.74, 6) is 1.09. The van der Waals surface area contributed by atoms with Gasteiger partial charge in [0.1, 0.15) is 10.6 Å². The van der Waals surface area contributed by atoms with E-state index in [-0.39, 0.29) is 28.9 Å². The number of thioether (sulfide) groups is 1. The lowest BCUT2D eigenvalue weighted by Gasteiger charge is -2.14. The molecule has 0 spiro atoms. The predicted molar refractivity (Wildman–Crippen MR) is 144 cm³/mol. The van der Waals surface area contributed by atoms with Gasteiger partial charge in [0, 0.05) is 11.1 Å². The molecule has 2 aliphatic heterocycles. The SMILES string of the molecule is COc1ccc(S(=O)(=O)Oc2ccc(/C=C3\SC(=O)N(Cc4cc5c(cc4Cl)OCO5)C3=O)cc2Br)cc1. The van der Waals surface area contributed by atoms with Crippen LogP contribution in [0.15, 0.2) is 68.9 Å². The summed E-state index contributed by atoms with van der Waals surface area (Å²) in [5, 5.41) is -0.0963. The Labute approximate surface area is 235 Å². The molecular formula is C25H17BrClNO8S2. The lowest BCUT2D eigenvalue weighted by molar-refractivity contribution is -0.123. The van der Waals surface area contributed by atoms with Crippen molar-refractivity contribution in [1.29, 1.82) is 0 Å². The molecule has 5 rings (SSSR count). The second-order valence-electron chi connectivity index (χ2n) is 7.97. The molecule has 38 heavy (non-hydrogen) atoms. The number of nitrogens with zero attached hydrogens (tertiary/aromatic N) is 1. The topological polar surface area (TPSA) is 108 Å². The van der Waals surface area contributed by atoms with Crippen molar-refractivity contribution in [2.75, 3.05) is 13.9 Å². The minimum Gasteiger partial charge on any atom is -0.497 e. The van der Waals surface area contributed by atoms with Crippen molar-refractivity contribution >= 4 is 66.6 Å². The lowest BCUT2D eigenvalue weighted by atomic mass is 10.1. The first-order valence-electron chi connectivity index (χ1n) is 10.9. The van der Waals surface area contributed by atoms with Crippen molar-refractivity contribution in [2.24, 2.45) is 0 Å². The molecule has 0 N–H and O–H groups in total. The summed E-state index contributed by atoms with van der Waals surface area (Å²) in [6.07, 6.45) is 1.54. The molecule has 0 aromatic heterocycles. The van der Waals surface area contributed by atoms with E-state index in [0.29, 0.717) is 37.9 Å². The third kappa shape index (κ3) is 5.35. The number of hydrogen-bond donors (Lipinski definition) is 0. The van der Waals surface area contributed by atoms with Crippen LogP contribution < -0.4 is 18.4 Å². The van der Waals surface area contributed by atoms with Gasteiger partial charge in [0.15, 0.2) is 17.2 Å². The summed E-state index contributed by atoms with van der Waals surface area (Å²) >= 11 is 10.4. The Kier molecular flexibility index (Phi) is 7.32. The van der Waals surface area contributed by atoms with Gasteiger partial charge in [0.05, 0.1) is 23.0 Å². The smallest absolute Gasteiger partial charge is 0.339 e. The zero-order valence-electron chi connectivity index (χ0n) is 19.5. The fourth-order valence-corrected chi connectivity index (χ4v) is 6.21. The number of halogens is 2. The molecule has 13 heteroatoms. The molecule has 0 bridgehead atoms. The van der Waals surface area contributed by atoms with E-state index in [2.05, 4.69) is 15.9 Å². The van der Waals surface area contributed by atoms with Gasteiger partial charge in [-0.15, -0.1) is 0 Å². The molecule has 2 amide bonds. The molecule has 0 unspecified atom stereocenters. The fourth-order valence-electron chi connectivity index (χ4n) is 3.62. The second-order valence-corrected chi connectivity index (χ2v) is 11.8. The molecule has 1 fully saturated rings. The highest BCUT2D eigenvalue weighted by atomic mass is 79.9. The van der Waals surface area contributed by atoms with Gasteiger partial charge >= 0.3 is 10.1 Å². The van der Waals surface area contributed by atoms with E-state index >= 15 is 0 Å². The van der Waals surface area contributed by atoms with E-state index in [9.17, 15) is 18.0 Å². The molecule has 0 aliphatic carbocycles. The van der Waals surface area contributed by atoms with E-state index in [0.717, 1.165) is 16.7 Å². The number of ether oxygens (including phenoxy) is 3. The van der Waals surface area contributed by atoms with Gasteiger partial charge in [-0.3, -0.25) is 14.5 Å². The van der Waals surface area contributed by atoms with Gasteiger partial charge in [-0.2, -0.15) is 8.42 Å². The standard InChI is InChI=1S/C25H17BrClNO8S2/c1-33-16-3-5-17(6-4-16)38(31,32)36-20-7-2-14(8-18(20)26)9-23-24(29)28(25(30)37-23)12-15-10-21-22(11-19(15)27)35-13-34-21/h2-11H,12-13H2,1H3/b23-9-. The van der Waals surface area contributed by atoms with Gasteiger partial charge < -0.3 is 18.4 Å². The fraction of sp³-hybridized carbons (Fsp3) is 0.120. The first-order valence-corrected chi connectivity index (χ1v) is 14.3. The van der Waals surface area contributed by atoms with Gasteiger partial charge in [0.2, 0.25) is 6.79 Å². The van der Waals surface area contributed by atoms with Crippen LogP contribution in [-0.2, 0) is 21.5 Å². The monoisotopic (exact) mass is 637 g/mol. The predicted octanol–water partition coefficient (Wildman–Crippen LogP) is 5.84. The van der Waals surface area contributed by atoms with Gasteiger partial charge in [-0.1, -0.05) is 17.7 Å². The minimum atomic E-state index is -4.09. The van der Waals surface area contributed by atoms with E-state index in [1.807, 2.05) is 0 Å². The number of carbonyl (C=O) groups excluding carboxylic acids is 2. The molecule has 3 aromatic carbocycles. The zero-order chi connectivity index (χ0) is 27.0. The van der Waals surface area contributed by atoms with Crippen LogP contribution in [0.25, 0.3) is 6.08 Å². The van der Waals surface area contributed by atoms with Gasteiger partial charge in [-0.25, -0.2) is 0 Å². The molecule has 3 aromatic rings. The number of fused-ring (bicyclic) bond motifs is 1. The highest BCUT2D eigenvalue weighted by Gasteiger charge is 2.36. The highest BCUT2D eigenvalue weighted by Crippen LogP contribution is 2.40. The molecule has 0 atom stereocenters. The van der Waals surface area contributed by atoms with Crippen molar-refractivity contribution in [1.82, 2.24) is 4.90 Å². The maximum absolute atomic E-state index is 13.0. The lowest BCUT2D eigenvalue weighted by Crippen LogP contribution is -2.27. The molecule has 0 saturated carbocycles. The number of hydrogen-bond acceptors (Lipinski definition) is 9. The van der Waals surface area contributed by atoms with Crippen LogP contribution in [0.1, 0.15) is 11.1 Å². The van der Waals surface area contributed by atoms with Crippen LogP contribution in [0, 0.1) is 0 Å². The normalized spacial score (nSPS) is 15.9. The number of amides is 2. The first kappa shape index (κ1) is 26.4. The Morgan fingerprint density at radius 2 is 1.79 bits per heavy atom. The summed E-state index contributed by atoms with van der Waals surface area (Å²) < 4.78 is 46.6. The summed E-state index contributed by atoms with van der Waals surface area (Å²) in [6.45, 7) is 0.0450. The van der Waals surface area contributed by atoms with Crippen LogP contribution in [-0.4, -0.2) is 38.4 Å². The zero-order valence-corrected chi connectivity index (χ0v) is 23.4. The third-order valence-corrected chi connectivity index (χ3v) is 8.67. The van der Waals surface area contributed by atoms with E-state index in [1.165, 1.54) is 37.4 Å². The summed E-state index contributed by atoms with van der Waals surface area (Å²) in [5.41, 5.74) is 1.10. The summed E-state index contributed by atoms with van der Waals surface area (Å²) in [4.78, 5) is 26.9. The van der Waals surface area contributed by atoms with Crippen molar-refractivity contribution in [2.45, 2.75) is 11.4 Å². The Bertz CT molecular complexity index is 1590. The molecule has 2 heterocycles. The summed E-state index contributed by atoms with van der Waals surface area (Å²) in [6, 6.07) is 13.6. The van der Waals surface area contributed by atoms with E-state index in [4.69, 9.17) is 30.0 Å². The molecule has 0 radical (unpaired) electrons. The maximum atomic E-state index is 13.0. The van der Waals surface area contributed by atoms with E-state index in [1.54, 1.807) is 30.3 Å². The van der Waals surface area contributed by atoms with Gasteiger partial charge in [-0.05, 0) is 87.4 Å². The Morgan fingerprint density at radius 3 is 2.47 bits per heavy atom. The number of carbonyl (C=O) groups is 2. The average Bonchev–Trinajstić information content (AvgIpc) is 3.44. The van der Waals surface area contributed by atoms with Crippen molar-refractivity contribution in [3.05, 3.63) is 80.1 Å². The molecular weight excluding hydrogens is 622 g/mol. The Morgan fingerprint density at radius 1 is 1.08 bits per heavy atom. The van der Waals surface area contributed by atoms with Crippen LogP contribution in [0.2, 0.25) is 5.02 Å². The van der Waals surface area contributed by atoms with Crippen molar-refractivity contribution in [3.63, 3.8) is 0 Å². The quantitative estimate of drug-likeness (QED) is 0.233. The highest BCUT2D eigenvalue weighted by molar-refractivity contribution is 9.10. The van der Waals surface area contributed by atoms with E-state index < -0.39 is 21.3 Å². The molecule has 9 nitrogen and oxygen atoms in total. The van der Waals surface area contributed by atoms with Crippen LogP contribution in [0.4, 0.5) is 4.79 Å². The second kappa shape index (κ2) is 10.5. The third-order valence-electron chi connectivity index (χ3n) is 5.54. The number of rotatable bonds is 7. The van der Waals surface area contributed by atoms with Crippen molar-refractivity contribution < 1.29 is 36.4 Å². The average molecular weight is 639 g/mol. The number of benzene rings is 3. The minimum absolute atomic E-state index is 0.0306. The molecule has 1 saturated heterocycles. The summed E-state index contributed by atoms with van der Waals surface area (Å²) in [7, 11) is -2.61. The van der Waals surface area contributed by atoms with Crippen LogP contribution in [0.5, 0.6) is 23.0 Å². The Balaban J connectivity index is 1.32.